The second-order valence-electron chi connectivity index (χ2n) is 3.95. The Morgan fingerprint density at radius 2 is 1.84 bits per heavy atom. The van der Waals surface area contributed by atoms with Gasteiger partial charge in [0.05, 0.1) is 5.56 Å². The van der Waals surface area contributed by atoms with Crippen molar-refractivity contribution in [2.45, 2.75) is 26.4 Å². The second kappa shape index (κ2) is 6.53. The van der Waals surface area contributed by atoms with Crippen molar-refractivity contribution in [3.05, 3.63) is 35.4 Å². The number of primary amides is 1. The van der Waals surface area contributed by atoms with Crippen LogP contribution in [-0.4, -0.2) is 24.0 Å². The minimum atomic E-state index is -1.09. The molecule has 0 bridgehead atoms. The molecule has 0 spiro atoms. The standard InChI is InChI=1S/C13H16N2O4/c1-3-9-4-6-10(7-5-9)12(17)19-8(2)11(16)15-13(14)18/h4-8H,3H2,1-2H3,(H3,14,15,16,18)/t8-/m1/s1. The van der Waals surface area contributed by atoms with Gasteiger partial charge in [0.2, 0.25) is 0 Å². The van der Waals surface area contributed by atoms with E-state index in [-0.39, 0.29) is 0 Å². The van der Waals surface area contributed by atoms with Gasteiger partial charge in [0, 0.05) is 0 Å². The molecule has 102 valence electrons. The summed E-state index contributed by atoms with van der Waals surface area (Å²) in [6, 6.07) is 5.88. The molecule has 19 heavy (non-hydrogen) atoms. The topological polar surface area (TPSA) is 98.5 Å². The normalized spacial score (nSPS) is 11.5. The number of rotatable bonds is 4. The van der Waals surface area contributed by atoms with Crippen LogP contribution in [0.1, 0.15) is 29.8 Å². The Labute approximate surface area is 110 Å². The number of amides is 3. The molecule has 6 heteroatoms. The van der Waals surface area contributed by atoms with Gasteiger partial charge in [-0.1, -0.05) is 19.1 Å². The zero-order valence-electron chi connectivity index (χ0n) is 10.8. The number of aryl methyl sites for hydroxylation is 1. The highest BCUT2D eigenvalue weighted by Crippen LogP contribution is 2.08. The van der Waals surface area contributed by atoms with Gasteiger partial charge in [-0.25, -0.2) is 9.59 Å². The van der Waals surface area contributed by atoms with Crippen molar-refractivity contribution >= 4 is 17.9 Å². The first kappa shape index (κ1) is 14.7. The first-order valence-electron chi connectivity index (χ1n) is 5.84. The predicted octanol–water partition coefficient (Wildman–Crippen LogP) is 0.989. The number of hydrogen-bond donors (Lipinski definition) is 2. The van der Waals surface area contributed by atoms with Crippen LogP contribution in [-0.2, 0) is 16.0 Å². The average Bonchev–Trinajstić information content (AvgIpc) is 2.37. The number of esters is 1. The van der Waals surface area contributed by atoms with Crippen LogP contribution in [0.3, 0.4) is 0 Å². The quantitative estimate of drug-likeness (QED) is 0.792. The summed E-state index contributed by atoms with van der Waals surface area (Å²) in [5, 5.41) is 1.84. The lowest BCUT2D eigenvalue weighted by molar-refractivity contribution is -0.127. The molecule has 0 saturated heterocycles. The van der Waals surface area contributed by atoms with E-state index in [0.717, 1.165) is 12.0 Å². The summed E-state index contributed by atoms with van der Waals surface area (Å²) in [5.74, 6) is -1.39. The van der Waals surface area contributed by atoms with Crippen molar-refractivity contribution in [1.82, 2.24) is 5.32 Å². The van der Waals surface area contributed by atoms with Gasteiger partial charge < -0.3 is 10.5 Å². The fourth-order valence-corrected chi connectivity index (χ4v) is 1.38. The number of imide groups is 1. The van der Waals surface area contributed by atoms with Gasteiger partial charge in [-0.2, -0.15) is 0 Å². The zero-order chi connectivity index (χ0) is 14.4. The van der Waals surface area contributed by atoms with Crippen molar-refractivity contribution in [3.63, 3.8) is 0 Å². The Kier molecular flexibility index (Phi) is 5.05. The largest absolute Gasteiger partial charge is 0.449 e. The van der Waals surface area contributed by atoms with Crippen LogP contribution in [0.15, 0.2) is 24.3 Å². The summed E-state index contributed by atoms with van der Waals surface area (Å²) in [6.07, 6.45) is -0.224. The average molecular weight is 264 g/mol. The molecule has 0 radical (unpaired) electrons. The molecule has 0 heterocycles. The molecule has 1 rings (SSSR count). The molecule has 0 unspecified atom stereocenters. The lowest BCUT2D eigenvalue weighted by Gasteiger charge is -2.12. The van der Waals surface area contributed by atoms with E-state index >= 15 is 0 Å². The van der Waals surface area contributed by atoms with E-state index in [1.165, 1.54) is 6.92 Å². The third-order valence-electron chi connectivity index (χ3n) is 2.50. The molecule has 0 aliphatic rings. The fraction of sp³-hybridized carbons (Fsp3) is 0.308. The lowest BCUT2D eigenvalue weighted by Crippen LogP contribution is -2.42. The maximum absolute atomic E-state index is 11.7. The van der Waals surface area contributed by atoms with Gasteiger partial charge in [0.25, 0.3) is 5.91 Å². The first-order chi connectivity index (χ1) is 8.93. The Morgan fingerprint density at radius 1 is 1.26 bits per heavy atom. The Morgan fingerprint density at radius 3 is 2.32 bits per heavy atom. The maximum Gasteiger partial charge on any atom is 0.338 e. The molecule has 3 N–H and O–H groups in total. The van der Waals surface area contributed by atoms with Gasteiger partial charge in [-0.3, -0.25) is 10.1 Å². The van der Waals surface area contributed by atoms with E-state index in [0.29, 0.717) is 5.56 Å². The summed E-state index contributed by atoms with van der Waals surface area (Å²) < 4.78 is 4.91. The maximum atomic E-state index is 11.7. The monoisotopic (exact) mass is 264 g/mol. The summed E-state index contributed by atoms with van der Waals surface area (Å²) >= 11 is 0. The summed E-state index contributed by atoms with van der Waals surface area (Å²) in [4.78, 5) is 33.5. The van der Waals surface area contributed by atoms with Gasteiger partial charge >= 0.3 is 12.0 Å². The summed E-state index contributed by atoms with van der Waals surface area (Å²) in [6.45, 7) is 3.36. The molecular formula is C13H16N2O4. The molecule has 6 nitrogen and oxygen atoms in total. The molecule has 1 aromatic rings. The SMILES string of the molecule is CCc1ccc(C(=O)O[C@H](C)C(=O)NC(N)=O)cc1. The molecule has 0 aliphatic heterocycles. The molecule has 0 aromatic heterocycles. The summed E-state index contributed by atoms with van der Waals surface area (Å²) in [5.41, 5.74) is 6.23. The number of carbonyl (C=O) groups is 3. The van der Waals surface area contributed by atoms with Gasteiger partial charge in [0.15, 0.2) is 6.10 Å². The van der Waals surface area contributed by atoms with Gasteiger partial charge in [-0.15, -0.1) is 0 Å². The fourth-order valence-electron chi connectivity index (χ4n) is 1.38. The highest BCUT2D eigenvalue weighted by Gasteiger charge is 2.19. The van der Waals surface area contributed by atoms with Crippen LogP contribution < -0.4 is 11.1 Å². The van der Waals surface area contributed by atoms with Crippen molar-refractivity contribution in [3.8, 4) is 0 Å². The third-order valence-corrected chi connectivity index (χ3v) is 2.50. The Hall–Kier alpha value is -2.37. The van der Waals surface area contributed by atoms with E-state index in [1.807, 2.05) is 24.4 Å². The van der Waals surface area contributed by atoms with E-state index in [9.17, 15) is 14.4 Å². The number of nitrogens with two attached hydrogens (primary N) is 1. The molecule has 0 saturated carbocycles. The molecule has 1 aromatic carbocycles. The van der Waals surface area contributed by atoms with Crippen molar-refractivity contribution in [1.29, 1.82) is 0 Å². The molecule has 0 aliphatic carbocycles. The van der Waals surface area contributed by atoms with E-state index in [1.54, 1.807) is 12.1 Å². The smallest absolute Gasteiger partial charge is 0.338 e. The van der Waals surface area contributed by atoms with E-state index < -0.39 is 24.0 Å². The van der Waals surface area contributed by atoms with Crippen LogP contribution in [0.4, 0.5) is 4.79 Å². The zero-order valence-corrected chi connectivity index (χ0v) is 10.8. The number of hydrogen-bond acceptors (Lipinski definition) is 4. The number of nitrogens with one attached hydrogen (secondary N) is 1. The lowest BCUT2D eigenvalue weighted by atomic mass is 10.1. The molecule has 1 atom stereocenters. The van der Waals surface area contributed by atoms with Crippen LogP contribution in [0, 0.1) is 0 Å². The molecule has 3 amide bonds. The third kappa shape index (κ3) is 4.42. The highest BCUT2D eigenvalue weighted by atomic mass is 16.5. The van der Waals surface area contributed by atoms with Gasteiger partial charge in [-0.05, 0) is 31.0 Å². The number of urea groups is 1. The van der Waals surface area contributed by atoms with Crippen LogP contribution in [0.25, 0.3) is 0 Å². The van der Waals surface area contributed by atoms with Crippen molar-refractivity contribution < 1.29 is 19.1 Å². The second-order valence-corrected chi connectivity index (χ2v) is 3.95. The molecular weight excluding hydrogens is 248 g/mol. The van der Waals surface area contributed by atoms with Crippen molar-refractivity contribution in [2.75, 3.05) is 0 Å². The van der Waals surface area contributed by atoms with Crippen LogP contribution >= 0.6 is 0 Å². The Bertz CT molecular complexity index is 482. The van der Waals surface area contributed by atoms with Crippen LogP contribution in [0.2, 0.25) is 0 Å². The van der Waals surface area contributed by atoms with E-state index in [4.69, 9.17) is 10.5 Å². The number of ether oxygens (including phenoxy) is 1. The Balaban J connectivity index is 2.63. The summed E-state index contributed by atoms with van der Waals surface area (Å²) in [7, 11) is 0. The van der Waals surface area contributed by atoms with E-state index in [2.05, 4.69) is 0 Å². The van der Waals surface area contributed by atoms with Gasteiger partial charge in [0.1, 0.15) is 0 Å². The minimum Gasteiger partial charge on any atom is -0.449 e. The minimum absolute atomic E-state index is 0.343. The number of carbonyl (C=O) groups excluding carboxylic acids is 3. The molecule has 0 fully saturated rings. The predicted molar refractivity (Wildman–Crippen MR) is 68.4 cm³/mol. The van der Waals surface area contributed by atoms with Crippen molar-refractivity contribution in [2.24, 2.45) is 5.73 Å². The van der Waals surface area contributed by atoms with Crippen LogP contribution in [0.5, 0.6) is 0 Å². The first-order valence-corrected chi connectivity index (χ1v) is 5.84. The highest BCUT2D eigenvalue weighted by molar-refractivity contribution is 5.98. The number of benzene rings is 1.